The van der Waals surface area contributed by atoms with Gasteiger partial charge in [0.25, 0.3) is 5.69 Å². The molecular weight excluding hydrogens is 408 g/mol. The highest BCUT2D eigenvalue weighted by Crippen LogP contribution is 2.33. The maximum Gasteiger partial charge on any atom is 0.442 e. The van der Waals surface area contributed by atoms with E-state index in [9.17, 15) is 19.7 Å². The number of methoxy groups -OCH3 is 2. The number of non-ortho nitro benzene ring substituents is 1. The van der Waals surface area contributed by atoms with Gasteiger partial charge in [0.1, 0.15) is 6.54 Å². The fourth-order valence-electron chi connectivity index (χ4n) is 3.57. The summed E-state index contributed by atoms with van der Waals surface area (Å²) < 4.78 is 16.4. The second kappa shape index (κ2) is 7.94. The zero-order chi connectivity index (χ0) is 22.1. The Kier molecular flexibility index (Phi) is 5.15. The Morgan fingerprint density at radius 3 is 2.68 bits per heavy atom. The molecule has 11 heteroatoms. The van der Waals surface area contributed by atoms with E-state index in [0.717, 1.165) is 4.57 Å². The minimum Gasteiger partial charge on any atom is -0.493 e. The van der Waals surface area contributed by atoms with Crippen molar-refractivity contribution in [1.29, 1.82) is 0 Å². The molecule has 160 valence electrons. The number of carbonyl (C=O) groups is 1. The van der Waals surface area contributed by atoms with Gasteiger partial charge < -0.3 is 14.4 Å². The van der Waals surface area contributed by atoms with Crippen molar-refractivity contribution in [3.63, 3.8) is 0 Å². The molecule has 3 aromatic rings. The summed E-state index contributed by atoms with van der Waals surface area (Å²) in [5.74, 6) is -0.0332. The first kappa shape index (κ1) is 20.1. The smallest absolute Gasteiger partial charge is 0.442 e. The number of amides is 1. The van der Waals surface area contributed by atoms with Crippen molar-refractivity contribution in [2.45, 2.75) is 13.0 Å². The monoisotopic (exact) mass is 426 g/mol. The number of nitro benzene ring substituents is 1. The second-order valence-electron chi connectivity index (χ2n) is 6.79. The zero-order valence-corrected chi connectivity index (χ0v) is 16.7. The summed E-state index contributed by atoms with van der Waals surface area (Å²) in [5, 5.41) is 14.8. The predicted molar refractivity (Wildman–Crippen MR) is 108 cm³/mol. The van der Waals surface area contributed by atoms with Crippen LogP contribution < -0.4 is 20.1 Å². The van der Waals surface area contributed by atoms with Crippen molar-refractivity contribution >= 4 is 17.3 Å². The molecule has 11 nitrogen and oxygen atoms in total. The fourth-order valence-corrected chi connectivity index (χ4v) is 3.57. The van der Waals surface area contributed by atoms with Crippen LogP contribution in [0, 0.1) is 10.1 Å². The molecule has 0 spiro atoms. The number of rotatable bonds is 6. The van der Waals surface area contributed by atoms with Gasteiger partial charge in [-0.05, 0) is 36.2 Å². The Labute approximate surface area is 175 Å². The quantitative estimate of drug-likeness (QED) is 0.432. The number of nitro groups is 1. The Hall–Kier alpha value is -4.15. The maximum atomic E-state index is 13.0. The van der Waals surface area contributed by atoms with Crippen LogP contribution in [0.3, 0.4) is 0 Å². The predicted octanol–water partition coefficient (Wildman–Crippen LogP) is 2.02. The largest absolute Gasteiger partial charge is 0.493 e. The topological polar surface area (TPSA) is 130 Å². The molecule has 1 amide bonds. The van der Waals surface area contributed by atoms with E-state index in [4.69, 9.17) is 14.0 Å². The van der Waals surface area contributed by atoms with Gasteiger partial charge in [0.15, 0.2) is 17.3 Å². The number of benzene rings is 2. The third kappa shape index (κ3) is 3.61. The summed E-state index contributed by atoms with van der Waals surface area (Å²) in [5.41, 5.74) is 1.78. The van der Waals surface area contributed by atoms with Crippen LogP contribution in [0.25, 0.3) is 11.4 Å². The zero-order valence-electron chi connectivity index (χ0n) is 16.7. The molecule has 0 atom stereocenters. The number of anilines is 1. The van der Waals surface area contributed by atoms with E-state index in [1.165, 1.54) is 31.3 Å². The molecule has 1 aliphatic rings. The van der Waals surface area contributed by atoms with Crippen LogP contribution in [-0.2, 0) is 17.8 Å². The van der Waals surface area contributed by atoms with Crippen LogP contribution in [0.15, 0.2) is 45.7 Å². The van der Waals surface area contributed by atoms with E-state index in [-0.39, 0.29) is 24.0 Å². The normalized spacial score (nSPS) is 12.5. The molecule has 0 bridgehead atoms. The van der Waals surface area contributed by atoms with E-state index in [1.807, 2.05) is 0 Å². The van der Waals surface area contributed by atoms with Gasteiger partial charge in [0.05, 0.1) is 19.1 Å². The van der Waals surface area contributed by atoms with E-state index < -0.39 is 10.7 Å². The lowest BCUT2D eigenvalue weighted by Gasteiger charge is -2.17. The number of hydrogen-bond acceptors (Lipinski definition) is 8. The molecule has 1 aromatic heterocycles. The van der Waals surface area contributed by atoms with Gasteiger partial charge in [0.2, 0.25) is 5.91 Å². The van der Waals surface area contributed by atoms with E-state index in [2.05, 4.69) is 5.16 Å². The molecule has 2 heterocycles. The average Bonchev–Trinajstić information content (AvgIpc) is 3.36. The Morgan fingerprint density at radius 1 is 1.19 bits per heavy atom. The highest BCUT2D eigenvalue weighted by Gasteiger charge is 2.28. The van der Waals surface area contributed by atoms with Crippen LogP contribution in [0.1, 0.15) is 5.56 Å². The number of hydrogen-bond donors (Lipinski definition) is 0. The van der Waals surface area contributed by atoms with Gasteiger partial charge in [-0.15, -0.1) is 0 Å². The molecule has 0 unspecified atom stereocenters. The summed E-state index contributed by atoms with van der Waals surface area (Å²) >= 11 is 0. The lowest BCUT2D eigenvalue weighted by Crippen LogP contribution is -2.34. The van der Waals surface area contributed by atoms with E-state index >= 15 is 0 Å². The highest BCUT2D eigenvalue weighted by molar-refractivity contribution is 5.95. The standard InChI is InChI=1S/C20H18N4O7/c1-29-16-6-3-13(10-17(16)30-2)19-21-31-20(26)23(19)11-18(25)22-8-7-12-9-14(24(27)28)4-5-15(12)22/h3-6,9-10H,7-8,11H2,1-2H3. The maximum absolute atomic E-state index is 13.0. The first-order chi connectivity index (χ1) is 14.9. The van der Waals surface area contributed by atoms with Gasteiger partial charge in [-0.2, -0.15) is 0 Å². The van der Waals surface area contributed by atoms with Gasteiger partial charge in [0, 0.05) is 29.9 Å². The van der Waals surface area contributed by atoms with E-state index in [0.29, 0.717) is 41.3 Å². The first-order valence-electron chi connectivity index (χ1n) is 9.29. The summed E-state index contributed by atoms with van der Waals surface area (Å²) in [6.07, 6.45) is 0.490. The number of ether oxygens (including phenoxy) is 2. The highest BCUT2D eigenvalue weighted by atomic mass is 16.6. The minimum atomic E-state index is -0.777. The Morgan fingerprint density at radius 2 is 1.97 bits per heavy atom. The van der Waals surface area contributed by atoms with Crippen molar-refractivity contribution in [2.24, 2.45) is 0 Å². The summed E-state index contributed by atoms with van der Waals surface area (Å²) in [7, 11) is 2.99. The molecule has 1 aliphatic heterocycles. The Balaban J connectivity index is 1.62. The lowest BCUT2D eigenvalue weighted by atomic mass is 10.1. The average molecular weight is 426 g/mol. The molecule has 2 aromatic carbocycles. The number of carbonyl (C=O) groups excluding carboxylic acids is 1. The number of fused-ring (bicyclic) bond motifs is 1. The first-order valence-corrected chi connectivity index (χ1v) is 9.29. The van der Waals surface area contributed by atoms with Crippen molar-refractivity contribution in [3.05, 3.63) is 62.6 Å². The van der Waals surface area contributed by atoms with Crippen LogP contribution in [0.5, 0.6) is 11.5 Å². The van der Waals surface area contributed by atoms with Gasteiger partial charge in [-0.1, -0.05) is 5.16 Å². The van der Waals surface area contributed by atoms with Crippen LogP contribution in [-0.4, -0.2) is 41.3 Å². The molecular formula is C20H18N4O7. The summed E-state index contributed by atoms with van der Waals surface area (Å²) in [6, 6.07) is 9.31. The van der Waals surface area contributed by atoms with Crippen molar-refractivity contribution in [3.8, 4) is 22.9 Å². The second-order valence-corrected chi connectivity index (χ2v) is 6.79. The summed E-state index contributed by atoms with van der Waals surface area (Å²) in [4.78, 5) is 37.2. The number of aromatic nitrogens is 2. The van der Waals surface area contributed by atoms with Crippen LogP contribution in [0.2, 0.25) is 0 Å². The van der Waals surface area contributed by atoms with Crippen LogP contribution in [0.4, 0.5) is 11.4 Å². The molecule has 0 saturated carbocycles. The van der Waals surface area contributed by atoms with Crippen molar-refractivity contribution in [2.75, 3.05) is 25.7 Å². The molecule has 0 N–H and O–H groups in total. The van der Waals surface area contributed by atoms with Crippen molar-refractivity contribution < 1.29 is 23.7 Å². The molecule has 0 saturated heterocycles. The molecule has 0 radical (unpaired) electrons. The molecule has 31 heavy (non-hydrogen) atoms. The third-order valence-electron chi connectivity index (χ3n) is 5.09. The summed E-state index contributed by atoms with van der Waals surface area (Å²) in [6.45, 7) is 0.0590. The van der Waals surface area contributed by atoms with Crippen molar-refractivity contribution in [1.82, 2.24) is 9.72 Å². The Bertz CT molecular complexity index is 1230. The minimum absolute atomic E-state index is 0.0287. The molecule has 0 aliphatic carbocycles. The van der Waals surface area contributed by atoms with Crippen LogP contribution >= 0.6 is 0 Å². The van der Waals surface area contributed by atoms with Gasteiger partial charge in [-0.25, -0.2) is 9.36 Å². The molecule has 4 rings (SSSR count). The third-order valence-corrected chi connectivity index (χ3v) is 5.09. The van der Waals surface area contributed by atoms with Gasteiger partial charge in [-0.3, -0.25) is 19.4 Å². The fraction of sp³-hybridized carbons (Fsp3) is 0.250. The van der Waals surface area contributed by atoms with E-state index in [1.54, 1.807) is 24.3 Å². The lowest BCUT2D eigenvalue weighted by molar-refractivity contribution is -0.384. The molecule has 0 fully saturated rings. The SMILES string of the molecule is COc1ccc(-c2noc(=O)n2CC(=O)N2CCc3cc([N+](=O)[O-])ccc32)cc1OC. The number of nitrogens with zero attached hydrogens (tertiary/aromatic N) is 4. The van der Waals surface area contributed by atoms with Gasteiger partial charge >= 0.3 is 5.76 Å².